The predicted octanol–water partition coefficient (Wildman–Crippen LogP) is 3.69. The molecule has 8 nitrogen and oxygen atoms in total. The van der Waals surface area contributed by atoms with E-state index in [1.54, 1.807) is 7.11 Å². The SMILES string of the molecule is COc1ccc(C2=CC(Nc3nc(Sc4ccccc4)nc(N4CCN(C)CC4)n3)=NC2)cc1. The summed E-state index contributed by atoms with van der Waals surface area (Å²) in [6, 6.07) is 18.2. The lowest BCUT2D eigenvalue weighted by molar-refractivity contribution is 0.311. The molecule has 0 radical (unpaired) electrons. The van der Waals surface area contributed by atoms with Crippen molar-refractivity contribution in [1.82, 2.24) is 19.9 Å². The van der Waals surface area contributed by atoms with Gasteiger partial charge in [-0.25, -0.2) is 0 Å². The molecule has 0 spiro atoms. The number of anilines is 2. The lowest BCUT2D eigenvalue weighted by Crippen LogP contribution is -2.45. The fourth-order valence-corrected chi connectivity index (χ4v) is 4.55. The number of hydrogen-bond acceptors (Lipinski definition) is 9. The molecule has 2 aliphatic heterocycles. The van der Waals surface area contributed by atoms with Crippen molar-refractivity contribution in [2.24, 2.45) is 4.99 Å². The number of amidine groups is 1. The van der Waals surface area contributed by atoms with Crippen molar-refractivity contribution in [3.8, 4) is 5.75 Å². The Labute approximate surface area is 203 Å². The molecule has 5 rings (SSSR count). The van der Waals surface area contributed by atoms with Gasteiger partial charge in [0.15, 0.2) is 5.16 Å². The van der Waals surface area contributed by atoms with Gasteiger partial charge in [0.2, 0.25) is 11.9 Å². The van der Waals surface area contributed by atoms with Crippen molar-refractivity contribution in [1.29, 1.82) is 0 Å². The number of rotatable bonds is 6. The van der Waals surface area contributed by atoms with E-state index in [4.69, 9.17) is 14.7 Å². The van der Waals surface area contributed by atoms with Gasteiger partial charge in [0.25, 0.3) is 0 Å². The molecule has 1 aromatic heterocycles. The van der Waals surface area contributed by atoms with E-state index in [0.717, 1.165) is 53.8 Å². The number of nitrogens with one attached hydrogen (secondary N) is 1. The summed E-state index contributed by atoms with van der Waals surface area (Å²) in [5.74, 6) is 2.79. The number of ether oxygens (including phenoxy) is 1. The van der Waals surface area contributed by atoms with Crippen molar-refractivity contribution in [3.63, 3.8) is 0 Å². The van der Waals surface area contributed by atoms with Gasteiger partial charge >= 0.3 is 0 Å². The summed E-state index contributed by atoms with van der Waals surface area (Å²) in [6.45, 7) is 4.35. The topological polar surface area (TPSA) is 78.8 Å². The van der Waals surface area contributed by atoms with Crippen LogP contribution >= 0.6 is 11.8 Å². The summed E-state index contributed by atoms with van der Waals surface area (Å²) in [5.41, 5.74) is 2.26. The standard InChI is InChI=1S/C25H27N7OS/c1-31-12-14-32(15-13-31)24-28-23(29-25(30-24)34-21-6-4-3-5-7-21)27-22-16-19(17-26-22)18-8-10-20(33-2)11-9-18/h3-11,16H,12-15,17H2,1-2H3,(H,26,27,28,29,30). The third-order valence-corrected chi connectivity index (χ3v) is 6.65. The Bertz CT molecular complexity index is 1190. The van der Waals surface area contributed by atoms with Crippen LogP contribution in [0, 0.1) is 0 Å². The molecule has 0 amide bonds. The van der Waals surface area contributed by atoms with E-state index >= 15 is 0 Å². The van der Waals surface area contributed by atoms with Crippen LogP contribution in [0.5, 0.6) is 5.75 Å². The Balaban J connectivity index is 1.38. The van der Waals surface area contributed by atoms with Crippen molar-refractivity contribution >= 4 is 35.1 Å². The number of piperazine rings is 1. The highest BCUT2D eigenvalue weighted by Gasteiger charge is 2.20. The summed E-state index contributed by atoms with van der Waals surface area (Å²) >= 11 is 1.53. The molecule has 2 aliphatic rings. The van der Waals surface area contributed by atoms with Crippen LogP contribution in [0.3, 0.4) is 0 Å². The van der Waals surface area contributed by atoms with Gasteiger partial charge < -0.3 is 19.9 Å². The molecule has 1 fully saturated rings. The zero-order chi connectivity index (χ0) is 23.3. The van der Waals surface area contributed by atoms with Crippen molar-refractivity contribution in [3.05, 3.63) is 66.2 Å². The van der Waals surface area contributed by atoms with Crippen LogP contribution in [-0.4, -0.2) is 72.6 Å². The van der Waals surface area contributed by atoms with Gasteiger partial charge in [-0.2, -0.15) is 15.0 Å². The molecule has 34 heavy (non-hydrogen) atoms. The van der Waals surface area contributed by atoms with E-state index in [-0.39, 0.29) is 0 Å². The van der Waals surface area contributed by atoms with Crippen LogP contribution < -0.4 is 15.0 Å². The van der Waals surface area contributed by atoms with Crippen LogP contribution in [0.2, 0.25) is 0 Å². The summed E-state index contributed by atoms with van der Waals surface area (Å²) in [7, 11) is 3.81. The van der Waals surface area contributed by atoms with Gasteiger partial charge in [-0.05, 0) is 60.3 Å². The number of aliphatic imine (C=N–C) groups is 1. The van der Waals surface area contributed by atoms with Crippen LogP contribution in [0.25, 0.3) is 5.57 Å². The van der Waals surface area contributed by atoms with Crippen molar-refractivity contribution in [2.45, 2.75) is 10.1 Å². The van der Waals surface area contributed by atoms with Gasteiger partial charge in [0.05, 0.1) is 13.7 Å². The number of nitrogens with zero attached hydrogens (tertiary/aromatic N) is 6. The molecule has 0 aliphatic carbocycles. The number of likely N-dealkylation sites (N-methyl/N-ethyl adjacent to an activating group) is 1. The first-order chi connectivity index (χ1) is 16.7. The molecule has 9 heteroatoms. The molecule has 1 N–H and O–H groups in total. The Morgan fingerprint density at radius 3 is 2.41 bits per heavy atom. The zero-order valence-corrected chi connectivity index (χ0v) is 20.1. The van der Waals surface area contributed by atoms with E-state index in [1.807, 2.05) is 48.5 Å². The molecular weight excluding hydrogens is 446 g/mol. The normalized spacial score (nSPS) is 16.2. The maximum absolute atomic E-state index is 5.26. The molecule has 174 valence electrons. The first-order valence-electron chi connectivity index (χ1n) is 11.3. The second-order valence-corrected chi connectivity index (χ2v) is 9.21. The monoisotopic (exact) mass is 473 g/mol. The van der Waals surface area contributed by atoms with E-state index < -0.39 is 0 Å². The smallest absolute Gasteiger partial charge is 0.234 e. The number of methoxy groups -OCH3 is 1. The second-order valence-electron chi connectivity index (χ2n) is 8.17. The molecule has 3 aromatic rings. The van der Waals surface area contributed by atoms with Gasteiger partial charge in [-0.1, -0.05) is 30.3 Å². The van der Waals surface area contributed by atoms with Crippen molar-refractivity contribution < 1.29 is 4.74 Å². The molecule has 2 aromatic carbocycles. The molecule has 0 saturated carbocycles. The van der Waals surface area contributed by atoms with Crippen molar-refractivity contribution in [2.75, 3.05) is 57.1 Å². The maximum atomic E-state index is 5.26. The average Bonchev–Trinajstić information content (AvgIpc) is 3.33. The van der Waals surface area contributed by atoms with Crippen LogP contribution in [0.15, 0.2) is 75.7 Å². The summed E-state index contributed by atoms with van der Waals surface area (Å²) < 4.78 is 5.26. The summed E-state index contributed by atoms with van der Waals surface area (Å²) in [4.78, 5) is 24.5. The lowest BCUT2D eigenvalue weighted by atomic mass is 10.1. The first-order valence-corrected chi connectivity index (χ1v) is 12.1. The highest BCUT2D eigenvalue weighted by molar-refractivity contribution is 7.99. The Morgan fingerprint density at radius 1 is 0.912 bits per heavy atom. The fraction of sp³-hybridized carbons (Fsp3) is 0.280. The van der Waals surface area contributed by atoms with Gasteiger partial charge in [0.1, 0.15) is 11.6 Å². The minimum atomic E-state index is 0.508. The van der Waals surface area contributed by atoms with Crippen LogP contribution in [0.4, 0.5) is 11.9 Å². The van der Waals surface area contributed by atoms with Gasteiger partial charge in [0, 0.05) is 31.1 Å². The van der Waals surface area contributed by atoms with E-state index in [1.165, 1.54) is 11.8 Å². The highest BCUT2D eigenvalue weighted by Crippen LogP contribution is 2.27. The zero-order valence-electron chi connectivity index (χ0n) is 19.3. The third-order valence-electron chi connectivity index (χ3n) is 5.77. The average molecular weight is 474 g/mol. The van der Waals surface area contributed by atoms with Crippen LogP contribution in [-0.2, 0) is 0 Å². The molecule has 0 bridgehead atoms. The Kier molecular flexibility index (Phi) is 6.73. The minimum Gasteiger partial charge on any atom is -0.497 e. The molecule has 0 unspecified atom stereocenters. The fourth-order valence-electron chi connectivity index (χ4n) is 3.79. The first kappa shape index (κ1) is 22.4. The molecule has 1 saturated heterocycles. The van der Waals surface area contributed by atoms with E-state index in [9.17, 15) is 0 Å². The molecule has 0 atom stereocenters. The van der Waals surface area contributed by atoms with Crippen LogP contribution in [0.1, 0.15) is 5.56 Å². The highest BCUT2D eigenvalue weighted by atomic mass is 32.2. The second kappa shape index (κ2) is 10.2. The maximum Gasteiger partial charge on any atom is 0.234 e. The van der Waals surface area contributed by atoms with Gasteiger partial charge in [-0.3, -0.25) is 4.99 Å². The van der Waals surface area contributed by atoms with E-state index in [0.29, 0.717) is 23.6 Å². The predicted molar refractivity (Wildman–Crippen MR) is 137 cm³/mol. The third kappa shape index (κ3) is 5.37. The van der Waals surface area contributed by atoms with E-state index in [2.05, 4.69) is 44.3 Å². The number of aromatic nitrogens is 3. The summed E-state index contributed by atoms with van der Waals surface area (Å²) in [6.07, 6.45) is 2.05. The van der Waals surface area contributed by atoms with Gasteiger partial charge in [-0.15, -0.1) is 0 Å². The molecular formula is C25H27N7OS. The largest absolute Gasteiger partial charge is 0.497 e. The Morgan fingerprint density at radius 2 is 1.68 bits per heavy atom. The Hall–Kier alpha value is -3.43. The minimum absolute atomic E-state index is 0.508. The summed E-state index contributed by atoms with van der Waals surface area (Å²) in [5, 5.41) is 3.98. The lowest BCUT2D eigenvalue weighted by Gasteiger charge is -2.32. The number of hydrogen-bond donors (Lipinski definition) is 1. The quantitative estimate of drug-likeness (QED) is 0.581. The molecule has 3 heterocycles. The number of benzene rings is 2.